The van der Waals surface area contributed by atoms with Crippen LogP contribution in [-0.2, 0) is 11.3 Å². The number of hydrogen-bond acceptors (Lipinski definition) is 4. The van der Waals surface area contributed by atoms with Crippen molar-refractivity contribution in [2.45, 2.75) is 25.8 Å². The number of aromatic nitrogens is 2. The lowest BCUT2D eigenvalue weighted by Gasteiger charge is -2.26. The van der Waals surface area contributed by atoms with Crippen molar-refractivity contribution in [3.8, 4) is 11.5 Å². The van der Waals surface area contributed by atoms with Crippen molar-refractivity contribution in [1.82, 2.24) is 14.5 Å². The second kappa shape index (κ2) is 5.95. The fraction of sp³-hybridized carbons (Fsp3) is 0.400. The second-order valence-corrected chi connectivity index (χ2v) is 5.16. The van der Waals surface area contributed by atoms with Gasteiger partial charge in [-0.05, 0) is 31.4 Å². The number of piperidine rings is 1. The van der Waals surface area contributed by atoms with Crippen LogP contribution in [0, 0.1) is 0 Å². The molecule has 3 heterocycles. The maximum Gasteiger partial charge on any atom is 0.254 e. The smallest absolute Gasteiger partial charge is 0.254 e. The largest absolute Gasteiger partial charge is 0.463 e. The van der Waals surface area contributed by atoms with Gasteiger partial charge in [0.15, 0.2) is 5.76 Å². The summed E-state index contributed by atoms with van der Waals surface area (Å²) in [6, 6.07) is 4.87. The van der Waals surface area contributed by atoms with E-state index in [-0.39, 0.29) is 18.0 Å². The molecular formula is C15H17N3O3. The molecule has 0 spiro atoms. The molecule has 0 N–H and O–H groups in total. The van der Waals surface area contributed by atoms with Crippen LogP contribution in [0.5, 0.6) is 0 Å². The predicted molar refractivity (Wildman–Crippen MR) is 76.6 cm³/mol. The molecule has 0 unspecified atom stereocenters. The van der Waals surface area contributed by atoms with Crippen molar-refractivity contribution < 1.29 is 9.21 Å². The summed E-state index contributed by atoms with van der Waals surface area (Å²) in [7, 11) is 0. The Morgan fingerprint density at radius 3 is 2.76 bits per heavy atom. The van der Waals surface area contributed by atoms with Crippen LogP contribution in [0.15, 0.2) is 40.0 Å². The van der Waals surface area contributed by atoms with Gasteiger partial charge in [0, 0.05) is 19.2 Å². The summed E-state index contributed by atoms with van der Waals surface area (Å²) in [6.07, 6.45) is 6.18. The van der Waals surface area contributed by atoms with E-state index in [2.05, 4.69) is 4.98 Å². The number of furan rings is 1. The van der Waals surface area contributed by atoms with Crippen molar-refractivity contribution >= 4 is 5.91 Å². The van der Waals surface area contributed by atoms with Gasteiger partial charge in [0.25, 0.3) is 5.56 Å². The average molecular weight is 287 g/mol. The summed E-state index contributed by atoms with van der Waals surface area (Å²) >= 11 is 0. The molecule has 1 amide bonds. The maximum absolute atomic E-state index is 12.2. The van der Waals surface area contributed by atoms with Gasteiger partial charge >= 0.3 is 0 Å². The molecule has 0 aliphatic carbocycles. The monoisotopic (exact) mass is 287 g/mol. The molecule has 1 saturated heterocycles. The molecule has 2 aromatic rings. The van der Waals surface area contributed by atoms with E-state index in [1.54, 1.807) is 12.1 Å². The van der Waals surface area contributed by atoms with Gasteiger partial charge in [0.1, 0.15) is 12.2 Å². The molecule has 0 radical (unpaired) electrons. The molecule has 3 rings (SSSR count). The lowest BCUT2D eigenvalue weighted by Crippen LogP contribution is -2.39. The first kappa shape index (κ1) is 13.6. The average Bonchev–Trinajstić information content (AvgIpc) is 3.04. The SMILES string of the molecule is O=C(Cn1cnc(-c2ccco2)cc1=O)N1CCCCC1. The molecule has 0 saturated carbocycles. The number of nitrogens with zero attached hydrogens (tertiary/aromatic N) is 3. The molecule has 6 heteroatoms. The second-order valence-electron chi connectivity index (χ2n) is 5.16. The Balaban J connectivity index is 1.74. The highest BCUT2D eigenvalue weighted by molar-refractivity contribution is 5.76. The molecule has 2 aromatic heterocycles. The molecule has 1 fully saturated rings. The van der Waals surface area contributed by atoms with Gasteiger partial charge in [-0.15, -0.1) is 0 Å². The first-order valence-corrected chi connectivity index (χ1v) is 7.12. The van der Waals surface area contributed by atoms with Gasteiger partial charge in [-0.3, -0.25) is 14.2 Å². The van der Waals surface area contributed by atoms with Gasteiger partial charge < -0.3 is 9.32 Å². The fourth-order valence-corrected chi connectivity index (χ4v) is 2.49. The van der Waals surface area contributed by atoms with E-state index in [0.717, 1.165) is 25.9 Å². The molecule has 21 heavy (non-hydrogen) atoms. The standard InChI is InChI=1S/C15H17N3O3/c19-14-9-12(13-5-4-8-21-13)16-11-18(14)10-15(20)17-6-2-1-3-7-17/h4-5,8-9,11H,1-3,6-7,10H2. The highest BCUT2D eigenvalue weighted by Gasteiger charge is 2.17. The fourth-order valence-electron chi connectivity index (χ4n) is 2.49. The zero-order valence-electron chi connectivity index (χ0n) is 11.7. The Morgan fingerprint density at radius 2 is 2.10 bits per heavy atom. The Kier molecular flexibility index (Phi) is 3.85. The van der Waals surface area contributed by atoms with Crippen molar-refractivity contribution in [1.29, 1.82) is 0 Å². The lowest BCUT2D eigenvalue weighted by atomic mass is 10.1. The van der Waals surface area contributed by atoms with Gasteiger partial charge in [-0.1, -0.05) is 0 Å². The van der Waals surface area contributed by atoms with Crippen LogP contribution in [0.25, 0.3) is 11.5 Å². The highest BCUT2D eigenvalue weighted by Crippen LogP contribution is 2.14. The van der Waals surface area contributed by atoms with Crippen molar-refractivity contribution in [2.75, 3.05) is 13.1 Å². The predicted octanol–water partition coefficient (Wildman–Crippen LogP) is 1.52. The van der Waals surface area contributed by atoms with Crippen LogP contribution in [0.1, 0.15) is 19.3 Å². The van der Waals surface area contributed by atoms with Crippen LogP contribution in [-0.4, -0.2) is 33.4 Å². The highest BCUT2D eigenvalue weighted by atomic mass is 16.3. The van der Waals surface area contributed by atoms with E-state index < -0.39 is 0 Å². The summed E-state index contributed by atoms with van der Waals surface area (Å²) in [6.45, 7) is 1.61. The van der Waals surface area contributed by atoms with E-state index in [1.807, 2.05) is 4.90 Å². The molecule has 0 bridgehead atoms. The molecular weight excluding hydrogens is 270 g/mol. The van der Waals surface area contributed by atoms with Gasteiger partial charge in [0.2, 0.25) is 5.91 Å². The lowest BCUT2D eigenvalue weighted by molar-refractivity contribution is -0.132. The summed E-state index contributed by atoms with van der Waals surface area (Å²) in [5.41, 5.74) is 0.230. The molecule has 0 aromatic carbocycles. The molecule has 1 aliphatic heterocycles. The zero-order valence-corrected chi connectivity index (χ0v) is 11.7. The third kappa shape index (κ3) is 3.04. The number of amides is 1. The Morgan fingerprint density at radius 1 is 1.29 bits per heavy atom. The van der Waals surface area contributed by atoms with Crippen LogP contribution < -0.4 is 5.56 Å². The summed E-state index contributed by atoms with van der Waals surface area (Å²) in [5, 5.41) is 0. The van der Waals surface area contributed by atoms with E-state index in [1.165, 1.54) is 29.6 Å². The first-order chi connectivity index (χ1) is 10.2. The maximum atomic E-state index is 12.2. The van der Waals surface area contributed by atoms with Crippen molar-refractivity contribution in [2.24, 2.45) is 0 Å². The molecule has 110 valence electrons. The zero-order chi connectivity index (χ0) is 14.7. The summed E-state index contributed by atoms with van der Waals surface area (Å²) in [4.78, 5) is 30.2. The normalized spacial score (nSPS) is 15.1. The third-order valence-electron chi connectivity index (χ3n) is 3.67. The minimum absolute atomic E-state index is 0.0238. The Hall–Kier alpha value is -2.37. The minimum atomic E-state index is -0.248. The Labute approximate surface area is 122 Å². The van der Waals surface area contributed by atoms with E-state index >= 15 is 0 Å². The number of hydrogen-bond donors (Lipinski definition) is 0. The van der Waals surface area contributed by atoms with Crippen molar-refractivity contribution in [3.63, 3.8) is 0 Å². The van der Waals surface area contributed by atoms with Gasteiger partial charge in [-0.2, -0.15) is 0 Å². The van der Waals surface area contributed by atoms with E-state index in [4.69, 9.17) is 4.42 Å². The molecule has 0 atom stereocenters. The van der Waals surface area contributed by atoms with Crippen LogP contribution in [0.2, 0.25) is 0 Å². The molecule has 1 aliphatic rings. The van der Waals surface area contributed by atoms with Crippen LogP contribution in [0.4, 0.5) is 0 Å². The first-order valence-electron chi connectivity index (χ1n) is 7.12. The Bertz CT molecular complexity index is 670. The quantitative estimate of drug-likeness (QED) is 0.858. The van der Waals surface area contributed by atoms with Crippen LogP contribution in [0.3, 0.4) is 0 Å². The van der Waals surface area contributed by atoms with Gasteiger partial charge in [-0.25, -0.2) is 4.98 Å². The van der Waals surface area contributed by atoms with E-state index in [0.29, 0.717) is 11.5 Å². The van der Waals surface area contributed by atoms with Crippen LogP contribution >= 0.6 is 0 Å². The summed E-state index contributed by atoms with van der Waals surface area (Å²) < 4.78 is 6.54. The number of likely N-dealkylation sites (tertiary alicyclic amines) is 1. The number of carbonyl (C=O) groups is 1. The molecule has 6 nitrogen and oxygen atoms in total. The topological polar surface area (TPSA) is 68.3 Å². The number of rotatable bonds is 3. The minimum Gasteiger partial charge on any atom is -0.463 e. The summed E-state index contributed by atoms with van der Waals surface area (Å²) in [5.74, 6) is 0.519. The van der Waals surface area contributed by atoms with Gasteiger partial charge in [0.05, 0.1) is 12.6 Å². The third-order valence-corrected chi connectivity index (χ3v) is 3.67. The van der Waals surface area contributed by atoms with Crippen molar-refractivity contribution in [3.05, 3.63) is 41.1 Å². The van der Waals surface area contributed by atoms with E-state index in [9.17, 15) is 9.59 Å². The number of carbonyl (C=O) groups excluding carboxylic acids is 1.